The lowest BCUT2D eigenvalue weighted by molar-refractivity contribution is -0.142. The number of nitrogens with one attached hydrogen (secondary N) is 1. The second-order valence-electron chi connectivity index (χ2n) is 3.45. The molecule has 84 valence electrons. The maximum absolute atomic E-state index is 12.1. The zero-order valence-corrected chi connectivity index (χ0v) is 8.94. The van der Waals surface area contributed by atoms with E-state index in [2.05, 4.69) is 10.3 Å². The molecule has 0 amide bonds. The zero-order valence-electron chi connectivity index (χ0n) is 8.94. The lowest BCUT2D eigenvalue weighted by Gasteiger charge is -2.16. The minimum Gasteiger partial charge on any atom is -0.372 e. The van der Waals surface area contributed by atoms with Gasteiger partial charge < -0.3 is 5.32 Å². The first-order valence-electron chi connectivity index (χ1n) is 4.67. The van der Waals surface area contributed by atoms with Crippen LogP contribution in [0, 0.1) is 0 Å². The summed E-state index contributed by atoms with van der Waals surface area (Å²) < 4.78 is 36.4. The Morgan fingerprint density at radius 3 is 2.07 bits per heavy atom. The Kier molecular flexibility index (Phi) is 4.94. The largest absolute Gasteiger partial charge is 0.410 e. The second-order valence-corrected chi connectivity index (χ2v) is 3.45. The number of aliphatic imine (C=N–C) groups is 1. The van der Waals surface area contributed by atoms with Gasteiger partial charge in [-0.2, -0.15) is 13.2 Å². The maximum atomic E-state index is 12.1. The smallest absolute Gasteiger partial charge is 0.372 e. The molecular formula is C9H17F3N2. The molecule has 5 heteroatoms. The molecule has 0 radical (unpaired) electrons. The normalized spacial score (nSPS) is 15.9. The average Bonchev–Trinajstić information content (AvgIpc) is 2.00. The molecule has 1 N–H and O–H groups in total. The molecule has 0 aliphatic heterocycles. The van der Waals surface area contributed by atoms with E-state index in [4.69, 9.17) is 0 Å². The summed E-state index contributed by atoms with van der Waals surface area (Å²) in [6.07, 6.45) is -3.77. The van der Waals surface area contributed by atoms with Crippen LogP contribution in [0.15, 0.2) is 4.99 Å². The van der Waals surface area contributed by atoms with Crippen molar-refractivity contribution in [3.8, 4) is 0 Å². The summed E-state index contributed by atoms with van der Waals surface area (Å²) in [6.45, 7) is 6.56. The van der Waals surface area contributed by atoms with Crippen LogP contribution in [0.2, 0.25) is 0 Å². The van der Waals surface area contributed by atoms with Gasteiger partial charge in [0.1, 0.15) is 6.04 Å². The minimum atomic E-state index is -4.25. The lowest BCUT2D eigenvalue weighted by atomic mass is 10.3. The molecule has 1 atom stereocenters. The van der Waals surface area contributed by atoms with Crippen molar-refractivity contribution in [3.63, 3.8) is 0 Å². The van der Waals surface area contributed by atoms with Crippen molar-refractivity contribution in [2.75, 3.05) is 0 Å². The number of alkyl halides is 3. The number of rotatable bonds is 3. The molecule has 0 aromatic carbocycles. The van der Waals surface area contributed by atoms with E-state index >= 15 is 0 Å². The van der Waals surface area contributed by atoms with E-state index in [0.29, 0.717) is 12.3 Å². The molecule has 14 heavy (non-hydrogen) atoms. The van der Waals surface area contributed by atoms with Crippen LogP contribution in [0.3, 0.4) is 0 Å². The number of hydrogen-bond donors (Lipinski definition) is 1. The van der Waals surface area contributed by atoms with E-state index in [9.17, 15) is 13.2 Å². The van der Waals surface area contributed by atoms with Gasteiger partial charge in [0.2, 0.25) is 0 Å². The molecule has 1 unspecified atom stereocenters. The molecular weight excluding hydrogens is 193 g/mol. The maximum Gasteiger partial charge on any atom is 0.410 e. The topological polar surface area (TPSA) is 24.4 Å². The summed E-state index contributed by atoms with van der Waals surface area (Å²) in [5.41, 5.74) is 0. The van der Waals surface area contributed by atoms with Gasteiger partial charge in [-0.15, -0.1) is 0 Å². The van der Waals surface area contributed by atoms with E-state index in [1.165, 1.54) is 0 Å². The van der Waals surface area contributed by atoms with Crippen LogP contribution < -0.4 is 5.32 Å². The molecule has 2 nitrogen and oxygen atoms in total. The molecule has 0 rings (SSSR count). The van der Waals surface area contributed by atoms with Crippen LogP contribution in [-0.4, -0.2) is 24.1 Å². The Morgan fingerprint density at radius 2 is 1.79 bits per heavy atom. The molecule has 0 bridgehead atoms. The summed E-state index contributed by atoms with van der Waals surface area (Å²) in [5, 5.41) is 2.88. The predicted molar refractivity (Wildman–Crippen MR) is 51.5 cm³/mol. The van der Waals surface area contributed by atoms with Gasteiger partial charge >= 0.3 is 6.18 Å². The van der Waals surface area contributed by atoms with Gasteiger partial charge in [0, 0.05) is 12.5 Å². The van der Waals surface area contributed by atoms with Crippen molar-refractivity contribution in [2.45, 2.75) is 52.4 Å². The van der Waals surface area contributed by atoms with Gasteiger partial charge in [-0.1, -0.05) is 6.92 Å². The first kappa shape index (κ1) is 13.3. The molecule has 0 aromatic rings. The second kappa shape index (κ2) is 5.22. The summed E-state index contributed by atoms with van der Waals surface area (Å²) >= 11 is 0. The van der Waals surface area contributed by atoms with Gasteiger partial charge in [0.05, 0.1) is 5.84 Å². The first-order chi connectivity index (χ1) is 6.27. The fourth-order valence-corrected chi connectivity index (χ4v) is 0.871. The Bertz CT molecular complexity index is 197. The molecule has 0 saturated carbocycles. The van der Waals surface area contributed by atoms with E-state index in [-0.39, 0.29) is 6.04 Å². The van der Waals surface area contributed by atoms with Crippen LogP contribution in [-0.2, 0) is 0 Å². The minimum absolute atomic E-state index is 0.106. The monoisotopic (exact) mass is 210 g/mol. The quantitative estimate of drug-likeness (QED) is 0.562. The zero-order chi connectivity index (χ0) is 11.4. The predicted octanol–water partition coefficient (Wildman–Crippen LogP) is 2.74. The summed E-state index contributed by atoms with van der Waals surface area (Å²) in [7, 11) is 0. The van der Waals surface area contributed by atoms with Crippen LogP contribution in [0.1, 0.15) is 34.1 Å². The standard InChI is InChI=1S/C9H17F3N2/c1-5-8(13-6(2)3)14-7(4)9(10,11)12/h6-7H,5H2,1-4H3,(H,13,14). The SMILES string of the molecule is CCC(=NC(C)C(F)(F)F)NC(C)C. The van der Waals surface area contributed by atoms with Crippen molar-refractivity contribution in [2.24, 2.45) is 4.99 Å². The molecule has 0 fully saturated rings. The van der Waals surface area contributed by atoms with Crippen LogP contribution in [0.25, 0.3) is 0 Å². The van der Waals surface area contributed by atoms with Gasteiger partial charge in [-0.05, 0) is 20.8 Å². The Hall–Kier alpha value is -0.740. The van der Waals surface area contributed by atoms with E-state index < -0.39 is 12.2 Å². The first-order valence-corrected chi connectivity index (χ1v) is 4.67. The van der Waals surface area contributed by atoms with E-state index in [1.807, 2.05) is 13.8 Å². The van der Waals surface area contributed by atoms with Crippen molar-refractivity contribution in [3.05, 3.63) is 0 Å². The van der Waals surface area contributed by atoms with Crippen molar-refractivity contribution < 1.29 is 13.2 Å². The lowest BCUT2D eigenvalue weighted by Crippen LogP contribution is -2.33. The van der Waals surface area contributed by atoms with E-state index in [0.717, 1.165) is 6.92 Å². The number of nitrogens with zero attached hydrogens (tertiary/aromatic N) is 1. The third-order valence-electron chi connectivity index (χ3n) is 1.61. The van der Waals surface area contributed by atoms with Crippen LogP contribution in [0.5, 0.6) is 0 Å². The van der Waals surface area contributed by atoms with E-state index in [1.54, 1.807) is 6.92 Å². The molecule has 0 aromatic heterocycles. The van der Waals surface area contributed by atoms with Crippen LogP contribution in [0.4, 0.5) is 13.2 Å². The van der Waals surface area contributed by atoms with Crippen molar-refractivity contribution in [1.82, 2.24) is 5.32 Å². The van der Waals surface area contributed by atoms with Gasteiger partial charge in [-0.25, -0.2) is 0 Å². The molecule has 0 saturated heterocycles. The van der Waals surface area contributed by atoms with Gasteiger partial charge in [0.15, 0.2) is 0 Å². The summed E-state index contributed by atoms with van der Waals surface area (Å²) in [5.74, 6) is 0.407. The summed E-state index contributed by atoms with van der Waals surface area (Å²) in [4.78, 5) is 3.59. The number of hydrogen-bond acceptors (Lipinski definition) is 1. The molecule has 0 spiro atoms. The Morgan fingerprint density at radius 1 is 1.29 bits per heavy atom. The highest BCUT2D eigenvalue weighted by molar-refractivity contribution is 5.82. The highest BCUT2D eigenvalue weighted by Gasteiger charge is 2.35. The highest BCUT2D eigenvalue weighted by Crippen LogP contribution is 2.22. The highest BCUT2D eigenvalue weighted by atomic mass is 19.4. The summed E-state index contributed by atoms with van der Waals surface area (Å²) in [6, 6.07) is -1.53. The fraction of sp³-hybridized carbons (Fsp3) is 0.889. The van der Waals surface area contributed by atoms with Gasteiger partial charge in [0.25, 0.3) is 0 Å². The third-order valence-corrected chi connectivity index (χ3v) is 1.61. The average molecular weight is 210 g/mol. The third kappa shape index (κ3) is 5.09. The Labute approximate surface area is 82.6 Å². The Balaban J connectivity index is 4.43. The van der Waals surface area contributed by atoms with Gasteiger partial charge in [-0.3, -0.25) is 4.99 Å². The molecule has 0 aliphatic rings. The number of amidine groups is 1. The fourth-order valence-electron chi connectivity index (χ4n) is 0.871. The number of halogens is 3. The van der Waals surface area contributed by atoms with Crippen molar-refractivity contribution >= 4 is 5.84 Å². The van der Waals surface area contributed by atoms with Crippen LogP contribution >= 0.6 is 0 Å². The van der Waals surface area contributed by atoms with Crippen molar-refractivity contribution in [1.29, 1.82) is 0 Å². The molecule has 0 aliphatic carbocycles. The molecule has 0 heterocycles.